The van der Waals surface area contributed by atoms with E-state index in [9.17, 15) is 14.4 Å². The summed E-state index contributed by atoms with van der Waals surface area (Å²) in [5, 5.41) is 14.8. The maximum atomic E-state index is 12.8. The molecule has 2 fully saturated rings. The number of hydrogen-bond donors (Lipinski definition) is 3. The van der Waals surface area contributed by atoms with E-state index in [1.807, 2.05) is 6.92 Å². The number of carboxylic acid groups (broad SMARTS) is 1. The summed E-state index contributed by atoms with van der Waals surface area (Å²) in [5.41, 5.74) is 1.89. The summed E-state index contributed by atoms with van der Waals surface area (Å²) in [5.74, 6) is -1.14. The Balaban J connectivity index is 1.59. The Morgan fingerprint density at radius 1 is 1.11 bits per heavy atom. The Kier molecular flexibility index (Phi) is 6.51. The number of aliphatic carboxylic acids is 1. The summed E-state index contributed by atoms with van der Waals surface area (Å²) in [6, 6.07) is 4.93. The Hall–Kier alpha value is -2.61. The molecule has 1 aliphatic carbocycles. The van der Waals surface area contributed by atoms with Gasteiger partial charge in [0.15, 0.2) is 0 Å². The zero-order chi connectivity index (χ0) is 20.1. The molecule has 1 heterocycles. The molecule has 1 saturated carbocycles. The zero-order valence-electron chi connectivity index (χ0n) is 16.1. The SMILES string of the molecule is Cc1c(NC(=O)NC2CCC(C(=O)O)CC2)cccc1C(=O)N1CCOCC1. The second kappa shape index (κ2) is 9.05. The summed E-state index contributed by atoms with van der Waals surface area (Å²) in [4.78, 5) is 37.9. The number of morpholine rings is 1. The van der Waals surface area contributed by atoms with Gasteiger partial charge in [0.2, 0.25) is 0 Å². The van der Waals surface area contributed by atoms with Crippen LogP contribution in [0.5, 0.6) is 0 Å². The van der Waals surface area contributed by atoms with Crippen LogP contribution in [0.2, 0.25) is 0 Å². The number of nitrogens with one attached hydrogen (secondary N) is 2. The first-order chi connectivity index (χ1) is 13.5. The number of carbonyl (C=O) groups excluding carboxylic acids is 2. The first kappa shape index (κ1) is 20.1. The topological polar surface area (TPSA) is 108 Å². The van der Waals surface area contributed by atoms with Gasteiger partial charge in [0.25, 0.3) is 5.91 Å². The molecule has 3 rings (SSSR count). The second-order valence-corrected chi connectivity index (χ2v) is 7.37. The van der Waals surface area contributed by atoms with Gasteiger partial charge in [-0.15, -0.1) is 0 Å². The highest BCUT2D eigenvalue weighted by Gasteiger charge is 2.27. The van der Waals surface area contributed by atoms with Crippen LogP contribution in [0.1, 0.15) is 41.6 Å². The number of urea groups is 1. The monoisotopic (exact) mass is 389 g/mol. The highest BCUT2D eigenvalue weighted by Crippen LogP contribution is 2.25. The van der Waals surface area contributed by atoms with E-state index in [1.165, 1.54) is 0 Å². The van der Waals surface area contributed by atoms with Crippen molar-refractivity contribution >= 4 is 23.6 Å². The molecule has 3 N–H and O–H groups in total. The average molecular weight is 389 g/mol. The lowest BCUT2D eigenvalue weighted by molar-refractivity contribution is -0.142. The maximum absolute atomic E-state index is 12.8. The third kappa shape index (κ3) is 4.81. The van der Waals surface area contributed by atoms with Gasteiger partial charge in [0.05, 0.1) is 19.1 Å². The predicted molar refractivity (Wildman–Crippen MR) is 103 cm³/mol. The van der Waals surface area contributed by atoms with Crippen LogP contribution in [0, 0.1) is 12.8 Å². The van der Waals surface area contributed by atoms with Crippen molar-refractivity contribution in [3.8, 4) is 0 Å². The van der Waals surface area contributed by atoms with Gasteiger partial charge in [-0.3, -0.25) is 9.59 Å². The van der Waals surface area contributed by atoms with Crippen LogP contribution in [0.25, 0.3) is 0 Å². The maximum Gasteiger partial charge on any atom is 0.319 e. The summed E-state index contributed by atoms with van der Waals surface area (Å²) in [6.07, 6.45) is 2.45. The minimum atomic E-state index is -0.764. The molecule has 2 aliphatic rings. The van der Waals surface area contributed by atoms with Crippen molar-refractivity contribution in [1.82, 2.24) is 10.2 Å². The highest BCUT2D eigenvalue weighted by molar-refractivity contribution is 5.99. The van der Waals surface area contributed by atoms with Crippen molar-refractivity contribution in [2.45, 2.75) is 38.6 Å². The van der Waals surface area contributed by atoms with Crippen molar-refractivity contribution in [2.75, 3.05) is 31.6 Å². The van der Waals surface area contributed by atoms with Crippen molar-refractivity contribution in [3.63, 3.8) is 0 Å². The third-order valence-electron chi connectivity index (χ3n) is 5.52. The number of rotatable bonds is 4. The molecule has 1 aromatic carbocycles. The zero-order valence-corrected chi connectivity index (χ0v) is 16.1. The normalized spacial score (nSPS) is 22.4. The minimum Gasteiger partial charge on any atom is -0.481 e. The number of ether oxygens (including phenoxy) is 1. The second-order valence-electron chi connectivity index (χ2n) is 7.37. The van der Waals surface area contributed by atoms with E-state index in [2.05, 4.69) is 10.6 Å². The minimum absolute atomic E-state index is 0.0333. The van der Waals surface area contributed by atoms with Gasteiger partial charge in [-0.2, -0.15) is 0 Å². The van der Waals surface area contributed by atoms with Crippen LogP contribution < -0.4 is 10.6 Å². The van der Waals surface area contributed by atoms with Crippen LogP contribution in [0.4, 0.5) is 10.5 Å². The van der Waals surface area contributed by atoms with Gasteiger partial charge in [0.1, 0.15) is 0 Å². The summed E-state index contributed by atoms with van der Waals surface area (Å²) >= 11 is 0. The number of benzene rings is 1. The first-order valence-electron chi connectivity index (χ1n) is 9.72. The lowest BCUT2D eigenvalue weighted by atomic mass is 9.86. The molecule has 28 heavy (non-hydrogen) atoms. The fourth-order valence-electron chi connectivity index (χ4n) is 3.77. The van der Waals surface area contributed by atoms with Crippen LogP contribution in [0.15, 0.2) is 18.2 Å². The molecule has 3 amide bonds. The van der Waals surface area contributed by atoms with E-state index in [1.54, 1.807) is 23.1 Å². The molecule has 0 spiro atoms. The lowest BCUT2D eigenvalue weighted by Gasteiger charge is -2.28. The molecule has 0 unspecified atom stereocenters. The molecule has 0 bridgehead atoms. The number of nitrogens with zero attached hydrogens (tertiary/aromatic N) is 1. The van der Waals surface area contributed by atoms with E-state index in [-0.39, 0.29) is 23.9 Å². The van der Waals surface area contributed by atoms with Crippen molar-refractivity contribution in [3.05, 3.63) is 29.3 Å². The van der Waals surface area contributed by atoms with E-state index in [0.717, 1.165) is 5.56 Å². The van der Waals surface area contributed by atoms with Gasteiger partial charge >= 0.3 is 12.0 Å². The van der Waals surface area contributed by atoms with Crippen LogP contribution in [0.3, 0.4) is 0 Å². The molecule has 0 atom stereocenters. The molecule has 1 aromatic rings. The molecule has 152 valence electrons. The summed E-state index contributed by atoms with van der Waals surface area (Å²) in [7, 11) is 0. The van der Waals surface area contributed by atoms with Crippen LogP contribution in [-0.4, -0.2) is 60.3 Å². The molecule has 0 radical (unpaired) electrons. The van der Waals surface area contributed by atoms with E-state index in [0.29, 0.717) is 63.2 Å². The van der Waals surface area contributed by atoms with Gasteiger partial charge in [-0.1, -0.05) is 6.07 Å². The smallest absolute Gasteiger partial charge is 0.319 e. The fraction of sp³-hybridized carbons (Fsp3) is 0.550. The highest BCUT2D eigenvalue weighted by atomic mass is 16.5. The number of anilines is 1. The van der Waals surface area contributed by atoms with Gasteiger partial charge in [-0.05, 0) is 50.3 Å². The average Bonchev–Trinajstić information content (AvgIpc) is 2.70. The number of carboxylic acids is 1. The van der Waals surface area contributed by atoms with E-state index >= 15 is 0 Å². The van der Waals surface area contributed by atoms with Crippen LogP contribution in [-0.2, 0) is 9.53 Å². The number of carbonyl (C=O) groups is 3. The molecule has 1 aliphatic heterocycles. The van der Waals surface area contributed by atoms with E-state index < -0.39 is 5.97 Å². The van der Waals surface area contributed by atoms with Gasteiger partial charge in [-0.25, -0.2) is 4.79 Å². The molecule has 1 saturated heterocycles. The fourth-order valence-corrected chi connectivity index (χ4v) is 3.77. The molecular weight excluding hydrogens is 362 g/mol. The Morgan fingerprint density at radius 2 is 1.79 bits per heavy atom. The Labute approximate surface area is 164 Å². The van der Waals surface area contributed by atoms with Gasteiger partial charge in [0, 0.05) is 30.4 Å². The van der Waals surface area contributed by atoms with Crippen molar-refractivity contribution in [1.29, 1.82) is 0 Å². The molecular formula is C20H27N3O5. The lowest BCUT2D eigenvalue weighted by Crippen LogP contribution is -2.41. The summed E-state index contributed by atoms with van der Waals surface area (Å²) in [6.45, 7) is 4.02. The van der Waals surface area contributed by atoms with Crippen molar-refractivity contribution < 1.29 is 24.2 Å². The standard InChI is InChI=1S/C20H27N3O5/c1-13-16(18(24)23-9-11-28-12-10-23)3-2-4-17(13)22-20(27)21-15-7-5-14(6-8-15)19(25)26/h2-4,14-15H,5-12H2,1H3,(H,25,26)(H2,21,22,27). The largest absolute Gasteiger partial charge is 0.481 e. The molecule has 8 nitrogen and oxygen atoms in total. The van der Waals surface area contributed by atoms with Crippen molar-refractivity contribution in [2.24, 2.45) is 5.92 Å². The third-order valence-corrected chi connectivity index (χ3v) is 5.52. The summed E-state index contributed by atoms with van der Waals surface area (Å²) < 4.78 is 5.29. The quantitative estimate of drug-likeness (QED) is 0.732. The Bertz CT molecular complexity index is 737. The van der Waals surface area contributed by atoms with Gasteiger partial charge < -0.3 is 25.4 Å². The van der Waals surface area contributed by atoms with Crippen LogP contribution >= 0.6 is 0 Å². The predicted octanol–water partition coefficient (Wildman–Crippen LogP) is 2.23. The number of amides is 3. The Morgan fingerprint density at radius 3 is 2.43 bits per heavy atom. The van der Waals surface area contributed by atoms with E-state index in [4.69, 9.17) is 9.84 Å². The number of hydrogen-bond acceptors (Lipinski definition) is 4. The molecule has 0 aromatic heterocycles. The molecule has 8 heteroatoms. The first-order valence-corrected chi connectivity index (χ1v) is 9.72.